The molecule has 0 spiro atoms. The largest absolute Gasteiger partial charge is 0.502 e. The van der Waals surface area contributed by atoms with Crippen LogP contribution in [0.25, 0.3) is 0 Å². The molecule has 1 amide bonds. The molecule has 2 aliphatic rings. The number of aromatic nitrogens is 1. The predicted molar refractivity (Wildman–Crippen MR) is 84.4 cm³/mol. The molecule has 1 aromatic carbocycles. The monoisotopic (exact) mass is 328 g/mol. The Hall–Kier alpha value is -2.96. The maximum absolute atomic E-state index is 12.7. The third-order valence-corrected chi connectivity index (χ3v) is 4.39. The van der Waals surface area contributed by atoms with Crippen LogP contribution in [0.4, 0.5) is 0 Å². The molecule has 2 aromatic rings. The molecule has 4 rings (SSSR count). The highest BCUT2D eigenvalue weighted by molar-refractivity contribution is 5.99. The minimum absolute atomic E-state index is 0.116. The van der Waals surface area contributed by atoms with E-state index in [1.807, 2.05) is 18.2 Å². The number of aryl methyl sites for hydroxylation is 1. The van der Waals surface area contributed by atoms with Crippen LogP contribution in [0.15, 0.2) is 29.2 Å². The summed E-state index contributed by atoms with van der Waals surface area (Å²) in [6.45, 7) is 1.10. The van der Waals surface area contributed by atoms with E-state index in [1.165, 1.54) is 4.57 Å². The first kappa shape index (κ1) is 14.6. The Bertz CT molecular complexity index is 903. The summed E-state index contributed by atoms with van der Waals surface area (Å²) in [6, 6.07) is 5.53. The second kappa shape index (κ2) is 5.30. The van der Waals surface area contributed by atoms with Gasteiger partial charge in [-0.25, -0.2) is 0 Å². The fourth-order valence-electron chi connectivity index (χ4n) is 3.14. The van der Waals surface area contributed by atoms with Gasteiger partial charge in [0.2, 0.25) is 6.79 Å². The number of amides is 1. The van der Waals surface area contributed by atoms with Crippen LogP contribution in [0, 0.1) is 0 Å². The molecule has 0 bridgehead atoms. The van der Waals surface area contributed by atoms with Gasteiger partial charge in [-0.1, -0.05) is 6.07 Å². The lowest BCUT2D eigenvalue weighted by Gasteiger charge is -2.29. The molecule has 0 atom stereocenters. The molecule has 1 aromatic heterocycles. The zero-order valence-electron chi connectivity index (χ0n) is 13.1. The van der Waals surface area contributed by atoms with E-state index in [4.69, 9.17) is 9.47 Å². The third-order valence-electron chi connectivity index (χ3n) is 4.39. The van der Waals surface area contributed by atoms with E-state index in [1.54, 1.807) is 18.1 Å². The number of pyridine rings is 1. The van der Waals surface area contributed by atoms with Crippen LogP contribution in [0.2, 0.25) is 0 Å². The van der Waals surface area contributed by atoms with Crippen molar-refractivity contribution < 1.29 is 19.4 Å². The van der Waals surface area contributed by atoms with Gasteiger partial charge in [-0.15, -0.1) is 0 Å². The fraction of sp³-hybridized carbons (Fsp3) is 0.294. The highest BCUT2D eigenvalue weighted by Crippen LogP contribution is 2.33. The van der Waals surface area contributed by atoms with Crippen LogP contribution in [-0.4, -0.2) is 33.8 Å². The van der Waals surface area contributed by atoms with Gasteiger partial charge < -0.3 is 24.0 Å². The van der Waals surface area contributed by atoms with Gasteiger partial charge in [-0.3, -0.25) is 9.59 Å². The maximum Gasteiger partial charge on any atom is 0.293 e. The summed E-state index contributed by atoms with van der Waals surface area (Å²) in [6.07, 6.45) is 2.21. The zero-order valence-corrected chi connectivity index (χ0v) is 13.1. The zero-order chi connectivity index (χ0) is 16.8. The van der Waals surface area contributed by atoms with E-state index >= 15 is 0 Å². The van der Waals surface area contributed by atoms with Gasteiger partial charge in [0, 0.05) is 26.3 Å². The van der Waals surface area contributed by atoms with E-state index in [0.717, 1.165) is 5.56 Å². The number of carbonyl (C=O) groups is 1. The quantitative estimate of drug-likeness (QED) is 0.890. The van der Waals surface area contributed by atoms with Crippen molar-refractivity contribution in [2.24, 2.45) is 7.05 Å². The van der Waals surface area contributed by atoms with Gasteiger partial charge in [0.05, 0.1) is 5.56 Å². The molecule has 0 unspecified atom stereocenters. The van der Waals surface area contributed by atoms with Gasteiger partial charge in [0.15, 0.2) is 17.2 Å². The molecule has 1 N–H and O–H groups in total. The Morgan fingerprint density at radius 3 is 2.83 bits per heavy atom. The number of nitrogens with zero attached hydrogens (tertiary/aromatic N) is 2. The minimum atomic E-state index is -0.563. The Kier molecular flexibility index (Phi) is 3.23. The molecule has 7 heteroatoms. The van der Waals surface area contributed by atoms with Crippen LogP contribution in [0.1, 0.15) is 21.5 Å². The Morgan fingerprint density at radius 2 is 2.00 bits per heavy atom. The van der Waals surface area contributed by atoms with Crippen molar-refractivity contribution in [2.45, 2.75) is 13.0 Å². The van der Waals surface area contributed by atoms with Crippen molar-refractivity contribution in [1.82, 2.24) is 9.47 Å². The lowest BCUT2D eigenvalue weighted by Crippen LogP contribution is -2.38. The van der Waals surface area contributed by atoms with E-state index < -0.39 is 11.3 Å². The minimum Gasteiger partial charge on any atom is -0.502 e. The number of hydrogen-bond donors (Lipinski definition) is 1. The van der Waals surface area contributed by atoms with Crippen LogP contribution in [0.3, 0.4) is 0 Å². The fourth-order valence-corrected chi connectivity index (χ4v) is 3.14. The standard InChI is InChI=1S/C17H16N2O5/c1-18-8-11-4-5-19(16(21)14(11)15(20)17(18)22)7-10-2-3-12-13(6-10)24-9-23-12/h2-3,6,8,20H,4-5,7,9H2,1H3. The van der Waals surface area contributed by atoms with Crippen molar-refractivity contribution in [1.29, 1.82) is 0 Å². The average Bonchev–Trinajstić information content (AvgIpc) is 3.03. The first-order valence-corrected chi connectivity index (χ1v) is 7.64. The molecule has 0 fully saturated rings. The smallest absolute Gasteiger partial charge is 0.293 e. The number of benzene rings is 1. The van der Waals surface area contributed by atoms with Crippen LogP contribution >= 0.6 is 0 Å². The van der Waals surface area contributed by atoms with E-state index in [9.17, 15) is 14.7 Å². The summed E-state index contributed by atoms with van der Waals surface area (Å²) in [5.74, 6) is 0.545. The Balaban J connectivity index is 1.64. The summed E-state index contributed by atoms with van der Waals surface area (Å²) in [7, 11) is 1.56. The van der Waals surface area contributed by atoms with Crippen molar-refractivity contribution in [2.75, 3.05) is 13.3 Å². The molecule has 2 aliphatic heterocycles. The molecular weight excluding hydrogens is 312 g/mol. The highest BCUT2D eigenvalue weighted by Gasteiger charge is 2.29. The lowest BCUT2D eigenvalue weighted by molar-refractivity contribution is 0.0722. The van der Waals surface area contributed by atoms with Crippen molar-refractivity contribution >= 4 is 5.91 Å². The van der Waals surface area contributed by atoms with Gasteiger partial charge in [0.25, 0.3) is 11.5 Å². The van der Waals surface area contributed by atoms with Gasteiger partial charge >= 0.3 is 0 Å². The Morgan fingerprint density at radius 1 is 1.21 bits per heavy atom. The molecule has 0 saturated heterocycles. The van der Waals surface area contributed by atoms with Crippen molar-refractivity contribution in [3.8, 4) is 17.2 Å². The van der Waals surface area contributed by atoms with Crippen molar-refractivity contribution in [3.05, 3.63) is 51.4 Å². The average molecular weight is 328 g/mol. The first-order chi connectivity index (χ1) is 11.5. The predicted octanol–water partition coefficient (Wildman–Crippen LogP) is 1.02. The summed E-state index contributed by atoms with van der Waals surface area (Å²) in [5, 5.41) is 10.1. The first-order valence-electron chi connectivity index (χ1n) is 7.64. The normalized spacial score (nSPS) is 15.5. The van der Waals surface area contributed by atoms with Crippen molar-refractivity contribution in [3.63, 3.8) is 0 Å². The highest BCUT2D eigenvalue weighted by atomic mass is 16.7. The van der Waals surface area contributed by atoms with E-state index in [-0.39, 0.29) is 18.3 Å². The molecule has 124 valence electrons. The summed E-state index contributed by atoms with van der Waals surface area (Å²) in [5.41, 5.74) is 1.15. The molecule has 0 saturated carbocycles. The second-order valence-corrected chi connectivity index (χ2v) is 5.96. The maximum atomic E-state index is 12.7. The van der Waals surface area contributed by atoms with Gasteiger partial charge in [-0.2, -0.15) is 0 Å². The number of carbonyl (C=O) groups excluding carboxylic acids is 1. The SMILES string of the molecule is Cn1cc2c(c(O)c1=O)C(=O)N(Cc1ccc3c(c1)OCO3)CC2. The number of fused-ring (bicyclic) bond motifs is 2. The topological polar surface area (TPSA) is 81.0 Å². The summed E-state index contributed by atoms with van der Waals surface area (Å²) in [4.78, 5) is 26.2. The molecule has 0 radical (unpaired) electrons. The number of rotatable bonds is 2. The van der Waals surface area contributed by atoms with Gasteiger partial charge in [0.1, 0.15) is 0 Å². The van der Waals surface area contributed by atoms with Gasteiger partial charge in [-0.05, 0) is 29.7 Å². The number of aromatic hydroxyl groups is 1. The number of hydrogen-bond acceptors (Lipinski definition) is 5. The van der Waals surface area contributed by atoms with Crippen LogP contribution in [0.5, 0.6) is 17.2 Å². The summed E-state index contributed by atoms with van der Waals surface area (Å²) >= 11 is 0. The molecule has 3 heterocycles. The van der Waals surface area contributed by atoms with E-state index in [0.29, 0.717) is 36.6 Å². The molecule has 24 heavy (non-hydrogen) atoms. The third kappa shape index (κ3) is 2.20. The Labute approximate surface area is 137 Å². The number of ether oxygens (including phenoxy) is 2. The lowest BCUT2D eigenvalue weighted by atomic mass is 9.99. The molecule has 7 nitrogen and oxygen atoms in total. The molecule has 0 aliphatic carbocycles. The molecular formula is C17H16N2O5. The summed E-state index contributed by atoms with van der Waals surface area (Å²) < 4.78 is 11.9. The second-order valence-electron chi connectivity index (χ2n) is 5.96. The van der Waals surface area contributed by atoms with Crippen LogP contribution in [-0.2, 0) is 20.0 Å². The van der Waals surface area contributed by atoms with Crippen LogP contribution < -0.4 is 15.0 Å². The van der Waals surface area contributed by atoms with E-state index in [2.05, 4.69) is 0 Å².